The van der Waals surface area contributed by atoms with Crippen molar-refractivity contribution in [1.29, 1.82) is 0 Å². The molecule has 0 aliphatic heterocycles. The molecular formula is C11H10ClF6N. The third-order valence-electron chi connectivity index (χ3n) is 2.35. The van der Waals surface area contributed by atoms with E-state index in [0.717, 1.165) is 0 Å². The lowest BCUT2D eigenvalue weighted by molar-refractivity contribution is -0.143. The van der Waals surface area contributed by atoms with Gasteiger partial charge in [-0.25, -0.2) is 0 Å². The van der Waals surface area contributed by atoms with Crippen molar-refractivity contribution >= 4 is 11.6 Å². The molecule has 1 unspecified atom stereocenters. The molecule has 1 rings (SSSR count). The smallest absolute Gasteiger partial charge is 0.328 e. The Hall–Kier alpha value is -0.950. The zero-order valence-corrected chi connectivity index (χ0v) is 10.4. The predicted molar refractivity (Wildman–Crippen MR) is 58.8 cm³/mol. The quantitative estimate of drug-likeness (QED) is 0.811. The van der Waals surface area contributed by atoms with Gasteiger partial charge in [-0.2, -0.15) is 26.3 Å². The summed E-state index contributed by atoms with van der Waals surface area (Å²) in [7, 11) is 0. The fourth-order valence-electron chi connectivity index (χ4n) is 1.58. The molecule has 0 fully saturated rings. The molecule has 1 nitrogen and oxygen atoms in total. The van der Waals surface area contributed by atoms with Crippen LogP contribution in [0, 0.1) is 0 Å². The Bertz CT molecular complexity index is 463. The van der Waals surface area contributed by atoms with Crippen LogP contribution < -0.4 is 5.73 Å². The van der Waals surface area contributed by atoms with Crippen LogP contribution in [0.1, 0.15) is 23.6 Å². The Labute approximate surface area is 110 Å². The average molecular weight is 306 g/mol. The summed E-state index contributed by atoms with van der Waals surface area (Å²) < 4.78 is 75.8. The second-order valence-corrected chi connectivity index (χ2v) is 4.57. The van der Waals surface area contributed by atoms with E-state index < -0.39 is 40.1 Å². The van der Waals surface area contributed by atoms with Crippen molar-refractivity contribution in [2.75, 3.05) is 0 Å². The molecule has 0 saturated carbocycles. The summed E-state index contributed by atoms with van der Waals surface area (Å²) in [5.41, 5.74) is 2.13. The maximum atomic E-state index is 12.8. The minimum Gasteiger partial charge on any atom is -0.328 e. The summed E-state index contributed by atoms with van der Waals surface area (Å²) in [4.78, 5) is 0. The first kappa shape index (κ1) is 16.1. The van der Waals surface area contributed by atoms with Crippen LogP contribution in [0.4, 0.5) is 26.3 Å². The predicted octanol–water partition coefficient (Wildman–Crippen LogP) is 4.27. The summed E-state index contributed by atoms with van der Waals surface area (Å²) in [6.07, 6.45) is -10.1. The lowest BCUT2D eigenvalue weighted by Gasteiger charge is -2.18. The fourth-order valence-corrected chi connectivity index (χ4v) is 1.88. The highest BCUT2D eigenvalue weighted by atomic mass is 35.5. The molecule has 108 valence electrons. The molecule has 0 heterocycles. The zero-order chi connectivity index (χ0) is 15.0. The van der Waals surface area contributed by atoms with Gasteiger partial charge in [0, 0.05) is 11.1 Å². The Morgan fingerprint density at radius 1 is 1.11 bits per heavy atom. The maximum absolute atomic E-state index is 12.8. The summed E-state index contributed by atoms with van der Waals surface area (Å²) >= 11 is 5.54. The van der Waals surface area contributed by atoms with Gasteiger partial charge in [-0.15, -0.1) is 0 Å². The first-order chi connectivity index (χ1) is 8.43. The summed E-state index contributed by atoms with van der Waals surface area (Å²) in [6, 6.07) is -0.117. The topological polar surface area (TPSA) is 26.0 Å². The van der Waals surface area contributed by atoms with E-state index in [1.54, 1.807) is 0 Å². The Morgan fingerprint density at radius 2 is 1.63 bits per heavy atom. The Kier molecular flexibility index (Phi) is 4.41. The van der Waals surface area contributed by atoms with Crippen LogP contribution in [0.5, 0.6) is 0 Å². The number of halogens is 7. The molecule has 0 aliphatic carbocycles. The number of benzene rings is 1. The molecule has 0 aromatic heterocycles. The third-order valence-corrected chi connectivity index (χ3v) is 2.69. The standard InChI is InChI=1S/C11H10ClF6N/c1-5(19)2-7-8(11(16,17)18)3-6(4-9(7)12)10(13,14)15/h3-5H,2,19H2,1H3. The second-order valence-electron chi connectivity index (χ2n) is 4.16. The van der Waals surface area contributed by atoms with Crippen molar-refractivity contribution in [1.82, 2.24) is 0 Å². The van der Waals surface area contributed by atoms with E-state index in [2.05, 4.69) is 0 Å². The minimum atomic E-state index is -4.92. The van der Waals surface area contributed by atoms with Crippen LogP contribution in [0.15, 0.2) is 12.1 Å². The lowest BCUT2D eigenvalue weighted by Crippen LogP contribution is -2.22. The van der Waals surface area contributed by atoms with E-state index >= 15 is 0 Å². The van der Waals surface area contributed by atoms with Crippen molar-refractivity contribution in [2.24, 2.45) is 5.73 Å². The van der Waals surface area contributed by atoms with Crippen molar-refractivity contribution < 1.29 is 26.3 Å². The number of hydrogen-bond acceptors (Lipinski definition) is 1. The van der Waals surface area contributed by atoms with E-state index in [1.807, 2.05) is 0 Å². The molecule has 0 aliphatic rings. The monoisotopic (exact) mass is 305 g/mol. The van der Waals surface area contributed by atoms with Crippen LogP contribution in [-0.2, 0) is 18.8 Å². The lowest BCUT2D eigenvalue weighted by atomic mass is 9.98. The van der Waals surface area contributed by atoms with Gasteiger partial charge in [0.15, 0.2) is 0 Å². The normalized spacial score (nSPS) is 14.6. The van der Waals surface area contributed by atoms with E-state index in [9.17, 15) is 26.3 Å². The summed E-state index contributed by atoms with van der Waals surface area (Å²) in [5, 5.41) is -0.584. The summed E-state index contributed by atoms with van der Waals surface area (Å²) in [6.45, 7) is 1.44. The molecule has 0 amide bonds. The molecule has 19 heavy (non-hydrogen) atoms. The second kappa shape index (κ2) is 5.20. The van der Waals surface area contributed by atoms with E-state index in [1.165, 1.54) is 6.92 Å². The molecule has 2 N–H and O–H groups in total. The molecule has 0 radical (unpaired) electrons. The van der Waals surface area contributed by atoms with Crippen molar-refractivity contribution in [3.8, 4) is 0 Å². The molecule has 0 bridgehead atoms. The van der Waals surface area contributed by atoms with Crippen LogP contribution in [0.2, 0.25) is 5.02 Å². The molecule has 1 aromatic carbocycles. The molecule has 1 atom stereocenters. The van der Waals surface area contributed by atoms with E-state index in [4.69, 9.17) is 17.3 Å². The van der Waals surface area contributed by atoms with E-state index in [0.29, 0.717) is 6.07 Å². The number of alkyl halides is 6. The minimum absolute atomic E-state index is 0.0591. The highest BCUT2D eigenvalue weighted by Gasteiger charge is 2.39. The van der Waals surface area contributed by atoms with Gasteiger partial charge < -0.3 is 5.73 Å². The van der Waals surface area contributed by atoms with Gasteiger partial charge >= 0.3 is 12.4 Å². The largest absolute Gasteiger partial charge is 0.416 e. The SMILES string of the molecule is CC(N)Cc1c(Cl)cc(C(F)(F)F)cc1C(F)(F)F. The molecule has 1 aromatic rings. The first-order valence-electron chi connectivity index (χ1n) is 5.15. The van der Waals surface area contributed by atoms with E-state index in [-0.39, 0.29) is 12.5 Å². The van der Waals surface area contributed by atoms with Crippen LogP contribution >= 0.6 is 11.6 Å². The maximum Gasteiger partial charge on any atom is 0.416 e. The van der Waals surface area contributed by atoms with Crippen molar-refractivity contribution in [3.05, 3.63) is 33.8 Å². The van der Waals surface area contributed by atoms with Crippen molar-refractivity contribution in [2.45, 2.75) is 31.7 Å². The third kappa shape index (κ3) is 4.01. The van der Waals surface area contributed by atoms with Crippen LogP contribution in [0.25, 0.3) is 0 Å². The number of nitrogens with two attached hydrogens (primary N) is 1. The van der Waals surface area contributed by atoms with Gasteiger partial charge in [-0.05, 0) is 31.0 Å². The molecular weight excluding hydrogens is 296 g/mol. The zero-order valence-electron chi connectivity index (χ0n) is 9.66. The van der Waals surface area contributed by atoms with Gasteiger partial charge in [-0.3, -0.25) is 0 Å². The van der Waals surface area contributed by atoms with Gasteiger partial charge in [0.05, 0.1) is 11.1 Å². The Morgan fingerprint density at radius 3 is 2.00 bits per heavy atom. The van der Waals surface area contributed by atoms with Gasteiger partial charge in [-0.1, -0.05) is 11.6 Å². The highest BCUT2D eigenvalue weighted by Crippen LogP contribution is 2.40. The summed E-state index contributed by atoms with van der Waals surface area (Å²) in [5.74, 6) is 0. The van der Waals surface area contributed by atoms with Gasteiger partial charge in [0.2, 0.25) is 0 Å². The fraction of sp³-hybridized carbons (Fsp3) is 0.455. The molecule has 0 spiro atoms. The molecule has 0 saturated heterocycles. The first-order valence-corrected chi connectivity index (χ1v) is 5.53. The highest BCUT2D eigenvalue weighted by molar-refractivity contribution is 6.31. The number of rotatable bonds is 2. The average Bonchev–Trinajstić information content (AvgIpc) is 2.16. The van der Waals surface area contributed by atoms with Crippen LogP contribution in [-0.4, -0.2) is 6.04 Å². The molecule has 8 heteroatoms. The van der Waals surface area contributed by atoms with Gasteiger partial charge in [0.1, 0.15) is 0 Å². The Balaban J connectivity index is 3.48. The van der Waals surface area contributed by atoms with Gasteiger partial charge in [0.25, 0.3) is 0 Å². The number of hydrogen-bond donors (Lipinski definition) is 1. The van der Waals surface area contributed by atoms with Crippen LogP contribution in [0.3, 0.4) is 0 Å². The van der Waals surface area contributed by atoms with Crippen molar-refractivity contribution in [3.63, 3.8) is 0 Å².